The molecule has 0 aromatic carbocycles. The van der Waals surface area contributed by atoms with Crippen LogP contribution < -0.4 is 10.2 Å². The summed E-state index contributed by atoms with van der Waals surface area (Å²) in [5.74, 6) is 0.783. The Morgan fingerprint density at radius 1 is 1.65 bits per heavy atom. The van der Waals surface area contributed by atoms with E-state index < -0.39 is 4.92 Å². The highest BCUT2D eigenvalue weighted by molar-refractivity contribution is 5.59. The van der Waals surface area contributed by atoms with Crippen molar-refractivity contribution in [3.05, 3.63) is 16.3 Å². The number of nitro groups is 1. The zero-order valence-corrected chi connectivity index (χ0v) is 11.7. The molecule has 1 aliphatic heterocycles. The van der Waals surface area contributed by atoms with Gasteiger partial charge in [-0.2, -0.15) is 4.98 Å². The second-order valence-corrected chi connectivity index (χ2v) is 4.70. The van der Waals surface area contributed by atoms with Gasteiger partial charge in [-0.1, -0.05) is 6.92 Å². The highest BCUT2D eigenvalue weighted by Crippen LogP contribution is 2.28. The van der Waals surface area contributed by atoms with Crippen molar-refractivity contribution in [2.45, 2.75) is 26.3 Å². The lowest BCUT2D eigenvalue weighted by Gasteiger charge is -2.33. The molecule has 0 radical (unpaired) electrons. The first-order valence-electron chi connectivity index (χ1n) is 6.73. The van der Waals surface area contributed by atoms with E-state index in [0.29, 0.717) is 31.5 Å². The number of hydrogen-bond donors (Lipinski definition) is 1. The van der Waals surface area contributed by atoms with Crippen LogP contribution in [0.3, 0.4) is 0 Å². The molecule has 1 aliphatic rings. The van der Waals surface area contributed by atoms with Gasteiger partial charge in [-0.25, -0.2) is 4.98 Å². The van der Waals surface area contributed by atoms with Gasteiger partial charge in [0.15, 0.2) is 0 Å². The third-order valence-electron chi connectivity index (χ3n) is 3.12. The van der Waals surface area contributed by atoms with Crippen molar-refractivity contribution in [1.29, 1.82) is 0 Å². The Bertz CT molecular complexity index is 482. The molecule has 0 amide bonds. The van der Waals surface area contributed by atoms with Gasteiger partial charge in [-0.05, 0) is 13.3 Å². The fourth-order valence-electron chi connectivity index (χ4n) is 2.07. The van der Waals surface area contributed by atoms with Gasteiger partial charge in [-0.3, -0.25) is 10.1 Å². The zero-order valence-electron chi connectivity index (χ0n) is 11.7. The van der Waals surface area contributed by atoms with E-state index >= 15 is 0 Å². The van der Waals surface area contributed by atoms with Crippen LogP contribution in [0, 0.1) is 10.1 Å². The summed E-state index contributed by atoms with van der Waals surface area (Å²) in [5, 5.41) is 14.2. The van der Waals surface area contributed by atoms with Crippen molar-refractivity contribution in [1.82, 2.24) is 9.97 Å². The van der Waals surface area contributed by atoms with Gasteiger partial charge in [0.05, 0.1) is 24.2 Å². The molecule has 1 atom stereocenters. The molecule has 1 N–H and O–H groups in total. The van der Waals surface area contributed by atoms with Gasteiger partial charge in [0.25, 0.3) is 0 Å². The number of morpholine rings is 1. The molecule has 1 aromatic heterocycles. The molecule has 8 nitrogen and oxygen atoms in total. The minimum Gasteiger partial charge on any atom is -0.377 e. The summed E-state index contributed by atoms with van der Waals surface area (Å²) in [6.07, 6.45) is 2.20. The number of nitrogens with zero attached hydrogens (tertiary/aromatic N) is 4. The minimum atomic E-state index is -0.443. The van der Waals surface area contributed by atoms with Crippen LogP contribution in [0.5, 0.6) is 0 Å². The van der Waals surface area contributed by atoms with E-state index in [1.165, 1.54) is 6.20 Å². The topological polar surface area (TPSA) is 93.4 Å². The van der Waals surface area contributed by atoms with Crippen LogP contribution in [0.4, 0.5) is 17.5 Å². The van der Waals surface area contributed by atoms with Gasteiger partial charge in [0.2, 0.25) is 11.8 Å². The Balaban J connectivity index is 2.33. The van der Waals surface area contributed by atoms with Crippen LogP contribution in [0.1, 0.15) is 20.3 Å². The van der Waals surface area contributed by atoms with Crippen LogP contribution >= 0.6 is 0 Å². The second kappa shape index (κ2) is 6.47. The molecule has 0 aliphatic carbocycles. The van der Waals surface area contributed by atoms with Gasteiger partial charge in [0.1, 0.15) is 6.20 Å². The zero-order chi connectivity index (χ0) is 14.5. The minimum absolute atomic E-state index is 0.0522. The van der Waals surface area contributed by atoms with Crippen LogP contribution in [-0.4, -0.2) is 47.2 Å². The quantitative estimate of drug-likeness (QED) is 0.644. The van der Waals surface area contributed by atoms with Crippen LogP contribution in [0.25, 0.3) is 0 Å². The van der Waals surface area contributed by atoms with Crippen LogP contribution in [0.15, 0.2) is 6.20 Å². The first-order valence-corrected chi connectivity index (χ1v) is 6.73. The number of ether oxygens (including phenoxy) is 1. The molecule has 110 valence electrons. The van der Waals surface area contributed by atoms with E-state index in [2.05, 4.69) is 15.3 Å². The molecule has 0 saturated carbocycles. The summed E-state index contributed by atoms with van der Waals surface area (Å²) in [6.45, 7) is 6.40. The maximum Gasteiger partial charge on any atom is 0.329 e. The highest BCUT2D eigenvalue weighted by Gasteiger charge is 2.28. The third-order valence-corrected chi connectivity index (χ3v) is 3.12. The molecular weight excluding hydrogens is 262 g/mol. The van der Waals surface area contributed by atoms with Crippen molar-refractivity contribution >= 4 is 17.5 Å². The lowest BCUT2D eigenvalue weighted by molar-refractivity contribution is -0.384. The van der Waals surface area contributed by atoms with Crippen molar-refractivity contribution in [3.63, 3.8) is 0 Å². The second-order valence-electron chi connectivity index (χ2n) is 4.70. The molecule has 0 spiro atoms. The highest BCUT2D eigenvalue weighted by atomic mass is 16.6. The van der Waals surface area contributed by atoms with Crippen molar-refractivity contribution in [2.24, 2.45) is 0 Å². The van der Waals surface area contributed by atoms with Gasteiger partial charge in [0, 0.05) is 13.1 Å². The van der Waals surface area contributed by atoms with Gasteiger partial charge < -0.3 is 15.0 Å². The number of hydrogen-bond acceptors (Lipinski definition) is 7. The van der Waals surface area contributed by atoms with E-state index in [-0.39, 0.29) is 11.7 Å². The largest absolute Gasteiger partial charge is 0.377 e. The smallest absolute Gasteiger partial charge is 0.329 e. The first kappa shape index (κ1) is 14.4. The number of rotatable bonds is 5. The summed E-state index contributed by atoms with van der Waals surface area (Å²) in [4.78, 5) is 20.9. The van der Waals surface area contributed by atoms with Crippen molar-refractivity contribution < 1.29 is 9.66 Å². The Labute approximate surface area is 117 Å². The maximum atomic E-state index is 11.1. The number of aromatic nitrogens is 2. The van der Waals surface area contributed by atoms with E-state index in [1.807, 2.05) is 18.7 Å². The molecule has 0 bridgehead atoms. The van der Waals surface area contributed by atoms with E-state index in [0.717, 1.165) is 13.0 Å². The van der Waals surface area contributed by atoms with Crippen LogP contribution in [-0.2, 0) is 4.74 Å². The molecule has 2 heterocycles. The summed E-state index contributed by atoms with van der Waals surface area (Å²) in [7, 11) is 0. The summed E-state index contributed by atoms with van der Waals surface area (Å²) in [6, 6.07) is 0.0522. The van der Waals surface area contributed by atoms with E-state index in [9.17, 15) is 10.1 Å². The Kier molecular flexibility index (Phi) is 4.67. The van der Waals surface area contributed by atoms with E-state index in [4.69, 9.17) is 4.74 Å². The normalized spacial score (nSPS) is 18.9. The molecule has 1 unspecified atom stereocenters. The van der Waals surface area contributed by atoms with Gasteiger partial charge in [-0.15, -0.1) is 0 Å². The summed E-state index contributed by atoms with van der Waals surface area (Å²) in [5.41, 5.74) is -0.0687. The molecule has 1 fully saturated rings. The molecule has 20 heavy (non-hydrogen) atoms. The van der Waals surface area contributed by atoms with Crippen molar-refractivity contribution in [2.75, 3.05) is 36.5 Å². The standard InChI is InChI=1S/C12H19N5O3/c1-3-4-13-12-14-7-10(17(18)19)11(15-12)16-5-6-20-8-9(16)2/h7,9H,3-6,8H2,1-2H3,(H,13,14,15). The lowest BCUT2D eigenvalue weighted by Crippen LogP contribution is -2.44. The fourth-order valence-corrected chi connectivity index (χ4v) is 2.07. The molecule has 1 saturated heterocycles. The average molecular weight is 281 g/mol. The SMILES string of the molecule is CCCNc1ncc([N+](=O)[O-])c(N2CCOCC2C)n1. The molecule has 1 aromatic rings. The lowest BCUT2D eigenvalue weighted by atomic mass is 10.2. The number of nitrogens with one attached hydrogen (secondary N) is 1. The Morgan fingerprint density at radius 2 is 2.45 bits per heavy atom. The summed E-state index contributed by atoms with van der Waals surface area (Å²) < 4.78 is 5.36. The van der Waals surface area contributed by atoms with E-state index in [1.54, 1.807) is 0 Å². The van der Waals surface area contributed by atoms with Gasteiger partial charge >= 0.3 is 5.69 Å². The average Bonchev–Trinajstić information content (AvgIpc) is 2.45. The predicted molar refractivity (Wildman–Crippen MR) is 75.1 cm³/mol. The summed E-state index contributed by atoms with van der Waals surface area (Å²) >= 11 is 0. The Morgan fingerprint density at radius 3 is 3.10 bits per heavy atom. The molecule has 2 rings (SSSR count). The Hall–Kier alpha value is -1.96. The third kappa shape index (κ3) is 3.13. The first-order chi connectivity index (χ1) is 9.63. The molecule has 8 heteroatoms. The van der Waals surface area contributed by atoms with Crippen LogP contribution in [0.2, 0.25) is 0 Å². The maximum absolute atomic E-state index is 11.1. The number of anilines is 2. The fraction of sp³-hybridized carbons (Fsp3) is 0.667. The monoisotopic (exact) mass is 281 g/mol. The van der Waals surface area contributed by atoms with Crippen molar-refractivity contribution in [3.8, 4) is 0 Å². The predicted octanol–water partition coefficient (Wildman–Crippen LogP) is 1.43. The molecular formula is C12H19N5O3.